The molecule has 53 heavy (non-hydrogen) atoms. The van der Waals surface area contributed by atoms with Crippen LogP contribution >= 0.6 is 98.4 Å². The molecular formula is C32H47I6N4O9S2-. The molecule has 2 aromatic carbocycles. The maximum atomic E-state index is 12.3. The van der Waals surface area contributed by atoms with E-state index in [4.69, 9.17) is 10.8 Å². The number of sulfone groups is 2. The van der Waals surface area contributed by atoms with Crippen molar-refractivity contribution in [2.45, 2.75) is 39.5 Å². The second-order valence-electron chi connectivity index (χ2n) is 12.0. The van der Waals surface area contributed by atoms with Crippen molar-refractivity contribution in [3.8, 4) is 0 Å². The van der Waals surface area contributed by atoms with Gasteiger partial charge in [-0.3, -0.25) is 19.2 Å². The third-order valence-corrected chi connectivity index (χ3v) is 11.2. The van der Waals surface area contributed by atoms with Gasteiger partial charge in [0.05, 0.1) is 29.6 Å². The molecule has 3 amide bonds. The molecule has 0 saturated carbocycles. The first-order chi connectivity index (χ1) is 24.3. The fraction of sp³-hybridized carbons (Fsp3) is 0.500. The summed E-state index contributed by atoms with van der Waals surface area (Å²) in [6.07, 6.45) is 1.27. The molecular weight excluding hydrogens is 1410 g/mol. The first-order valence-electron chi connectivity index (χ1n) is 15.6. The number of anilines is 2. The Morgan fingerprint density at radius 3 is 1.38 bits per heavy atom. The van der Waals surface area contributed by atoms with Crippen LogP contribution in [-0.2, 0) is 38.9 Å². The molecule has 4 rings (SSSR count). The molecule has 4 N–H and O–H groups in total. The molecule has 0 aliphatic carbocycles. The number of hydrogen-bond acceptors (Lipinski definition) is 9. The zero-order valence-corrected chi connectivity index (χ0v) is 44.4. The molecule has 0 bridgehead atoms. The van der Waals surface area contributed by atoms with Crippen LogP contribution in [0.25, 0.3) is 0 Å². The number of aliphatic carboxylic acids is 1. The Balaban J connectivity index is 0. The first-order valence-corrected chi connectivity index (χ1v) is 38.1. The topological polar surface area (TPSA) is 201 Å². The molecule has 21 heteroatoms. The van der Waals surface area contributed by atoms with Crippen molar-refractivity contribution in [1.82, 2.24) is 9.80 Å². The second-order valence-corrected chi connectivity index (χ2v) is 32.9. The van der Waals surface area contributed by atoms with E-state index in [0.717, 1.165) is 16.2 Å². The molecule has 2 aliphatic rings. The Morgan fingerprint density at radius 1 is 0.736 bits per heavy atom. The quantitative estimate of drug-likeness (QED) is 0.273. The van der Waals surface area contributed by atoms with Crippen LogP contribution in [0.2, 0.25) is 0 Å². The van der Waals surface area contributed by atoms with Crippen molar-refractivity contribution >= 4 is 153 Å². The average molecular weight is 1460 g/mol. The third-order valence-electron chi connectivity index (χ3n) is 7.73. The van der Waals surface area contributed by atoms with Crippen molar-refractivity contribution < 1.29 is 54.4 Å². The predicted molar refractivity (Wildman–Crippen MR) is 253 cm³/mol. The summed E-state index contributed by atoms with van der Waals surface area (Å²) >= 11 is 9.54. The van der Waals surface area contributed by atoms with Crippen molar-refractivity contribution in [2.75, 3.05) is 61.2 Å². The number of carbonyl (C=O) groups is 4. The van der Waals surface area contributed by atoms with Gasteiger partial charge in [-0.05, 0) is 63.8 Å². The van der Waals surface area contributed by atoms with Gasteiger partial charge in [0.25, 0.3) is 0 Å². The van der Waals surface area contributed by atoms with Crippen molar-refractivity contribution in [3.05, 3.63) is 59.7 Å². The fourth-order valence-electron chi connectivity index (χ4n) is 4.88. The molecule has 0 aromatic heterocycles. The van der Waals surface area contributed by atoms with E-state index in [0.29, 0.717) is 44.6 Å². The zero-order valence-electron chi connectivity index (χ0n) is 29.6. The van der Waals surface area contributed by atoms with Gasteiger partial charge in [0.2, 0.25) is 17.7 Å². The molecule has 0 unspecified atom stereocenters. The summed E-state index contributed by atoms with van der Waals surface area (Å²) in [5.41, 5.74) is 9.29. The van der Waals surface area contributed by atoms with Crippen molar-refractivity contribution in [1.29, 1.82) is 0 Å². The normalized spacial score (nSPS) is 15.6. The molecule has 0 spiro atoms. The number of nitrogens with zero attached hydrogens (tertiary/aromatic N) is 2. The Bertz CT molecular complexity index is 1590. The standard InChI is InChI=1S/C16H22N2O4S.C9H15NO5S.C7H9N.I3.I2.HI/c1-12-3-5-14(6-4-12)17-15(19)11-18(2)16(20)13-7-9-23(21,22)10-8-13;1-10(6-8(11)12)9(13)7-2-4-16(14,15)5-3-7;1-6-2-4-7(8)5-3-6;1-3-2;1-2;/h3-6,13H,7-11H2,1-2H3,(H,17,19);7H,2-6H2,1H3,(H,11,12);2-5H,8H2,1H3;;;1H/q;;;-1;;. The number of hydrogen-bond donors (Lipinski definition) is 3. The van der Waals surface area contributed by atoms with Crippen molar-refractivity contribution in [3.63, 3.8) is 0 Å². The number of nitrogens with one attached hydrogen (secondary N) is 1. The Labute approximate surface area is 384 Å². The number of nitrogen functional groups attached to an aromatic ring is 1. The van der Waals surface area contributed by atoms with E-state index in [2.05, 4.69) is 79.8 Å². The zero-order chi connectivity index (χ0) is 40.1. The van der Waals surface area contributed by atoms with Gasteiger partial charge in [-0.25, -0.2) is 16.8 Å². The SMILES string of the molecule is CN(CC(=O)O)C(=O)C1CCS(=O)(=O)CC1.Cc1ccc(N)cc1.Cc1ccc(NC(=O)CN(C)C(=O)C2CCS(=O)(=O)CC2)cc1.I.II.I[I-]I. The van der Waals surface area contributed by atoms with E-state index in [9.17, 15) is 36.0 Å². The van der Waals surface area contributed by atoms with Crippen LogP contribution in [0.1, 0.15) is 36.8 Å². The number of benzene rings is 2. The number of aryl methyl sites for hydroxylation is 2. The van der Waals surface area contributed by atoms with Crippen molar-refractivity contribution in [2.24, 2.45) is 11.8 Å². The maximum absolute atomic E-state index is 12.3. The fourth-order valence-corrected chi connectivity index (χ4v) is 7.86. The van der Waals surface area contributed by atoms with E-state index in [1.54, 1.807) is 19.2 Å². The molecule has 304 valence electrons. The van der Waals surface area contributed by atoms with E-state index in [1.807, 2.05) is 50.2 Å². The van der Waals surface area contributed by atoms with Crippen LogP contribution in [0.5, 0.6) is 0 Å². The Kier molecular flexibility index (Phi) is 31.0. The van der Waals surface area contributed by atoms with Gasteiger partial charge in [-0.2, -0.15) is 0 Å². The number of carbonyl (C=O) groups excluding carboxylic acids is 3. The number of carboxylic acid groups (broad SMARTS) is 1. The van der Waals surface area contributed by atoms with Gasteiger partial charge in [0.15, 0.2) is 0 Å². The summed E-state index contributed by atoms with van der Waals surface area (Å²) in [5.74, 6) is -2.32. The van der Waals surface area contributed by atoms with E-state index < -0.39 is 25.6 Å². The van der Waals surface area contributed by atoms with Crippen LogP contribution in [0.15, 0.2) is 48.5 Å². The van der Waals surface area contributed by atoms with Crippen LogP contribution < -0.4 is 24.3 Å². The summed E-state index contributed by atoms with van der Waals surface area (Å²) in [4.78, 5) is 48.9. The van der Waals surface area contributed by atoms with Gasteiger partial charge in [0, 0.05) is 74.5 Å². The minimum absolute atomic E-state index is 0. The number of carboxylic acids is 1. The first kappa shape index (κ1) is 55.5. The molecule has 0 atom stereocenters. The van der Waals surface area contributed by atoms with Crippen LogP contribution in [0, 0.1) is 25.7 Å². The number of likely N-dealkylation sites (N-methyl/N-ethyl adjacent to an activating group) is 2. The van der Waals surface area contributed by atoms with Crippen LogP contribution in [0.3, 0.4) is 0 Å². The van der Waals surface area contributed by atoms with Gasteiger partial charge >= 0.3 is 56.5 Å². The number of halogens is 6. The van der Waals surface area contributed by atoms with Crippen LogP contribution in [0.4, 0.5) is 11.4 Å². The Morgan fingerprint density at radius 2 is 1.06 bits per heavy atom. The monoisotopic (exact) mass is 1460 g/mol. The van der Waals surface area contributed by atoms with Gasteiger partial charge in [-0.15, -0.1) is 24.0 Å². The number of rotatable bonds is 7. The van der Waals surface area contributed by atoms with Gasteiger partial charge in [0.1, 0.15) is 26.2 Å². The van der Waals surface area contributed by atoms with Gasteiger partial charge < -0.3 is 26.0 Å². The van der Waals surface area contributed by atoms with E-state index >= 15 is 0 Å². The summed E-state index contributed by atoms with van der Waals surface area (Å²) < 4.78 is 45.1. The number of nitrogens with two attached hydrogens (primary N) is 1. The van der Waals surface area contributed by atoms with Gasteiger partial charge in [-0.1, -0.05) is 35.4 Å². The third kappa shape index (κ3) is 25.4. The molecule has 0 radical (unpaired) electrons. The molecule has 2 heterocycles. The molecule has 2 aliphatic heterocycles. The number of amides is 3. The molecule has 13 nitrogen and oxygen atoms in total. The average Bonchev–Trinajstić information content (AvgIpc) is 3.08. The van der Waals surface area contributed by atoms with E-state index in [1.165, 1.54) is 17.5 Å². The summed E-state index contributed by atoms with van der Waals surface area (Å²) in [7, 11) is -2.99. The summed E-state index contributed by atoms with van der Waals surface area (Å²) in [6, 6.07) is 15.2. The minimum atomic E-state index is -2.99. The van der Waals surface area contributed by atoms with Crippen LogP contribution in [-0.4, -0.2) is 106 Å². The summed E-state index contributed by atoms with van der Waals surface area (Å²) in [5, 5.41) is 11.3. The molecule has 2 fully saturated rings. The Hall–Kier alpha value is 0.400. The second kappa shape index (κ2) is 29.6. The predicted octanol–water partition coefficient (Wildman–Crippen LogP) is 3.31. The summed E-state index contributed by atoms with van der Waals surface area (Å²) in [6.45, 7) is 3.61. The molecule has 2 saturated heterocycles. The molecule has 2 aromatic rings. The van der Waals surface area contributed by atoms with E-state index in [-0.39, 0.29) is 89.6 Å².